The maximum absolute atomic E-state index is 11.5. The molecule has 0 N–H and O–H groups in total. The standard InChI is InChI=1S/C104H56N10/c105-57-64-50-65(58-106)97(55-96(64)111-91-48-43-68(52-84(91)100-70-23-4-1-20-61(70)41-46-94(100)111)109-86-34-14-9-27-74(86)75-28-10-15-35-87(75)109)112-92-49-44-69(53-85(92)101-71-24-5-2-21-62(71)42-47-95(101)112)110-90-38-18-13-32-81(90)102-78(33-19-39-93(102)110)82-54-83-77-30-12-17-37-89(77)114(104(83)79-31-8-7-26-73(79)82)99-56-98(66(59-107)51-67(99)60-108)113-88-36-16-11-29-76(88)80-45-40-63-22-3-6-25-72(63)103(80)113/h1-56H. The fourth-order valence-electron chi connectivity index (χ4n) is 19.6. The number of fused-ring (bicyclic) bond motifs is 26. The number of benzene rings is 18. The molecule has 18 aromatic carbocycles. The van der Waals surface area contributed by atoms with Crippen molar-refractivity contribution in [3.05, 3.63) is 362 Å². The molecular formula is C104H56N10. The first-order chi connectivity index (χ1) is 56.4. The van der Waals surface area contributed by atoms with E-state index in [1.54, 1.807) is 12.1 Å². The Hall–Kier alpha value is -16.2. The molecule has 10 nitrogen and oxygen atoms in total. The van der Waals surface area contributed by atoms with E-state index < -0.39 is 0 Å². The van der Waals surface area contributed by atoms with Gasteiger partial charge in [0.1, 0.15) is 24.3 Å². The van der Waals surface area contributed by atoms with Crippen LogP contribution in [0.3, 0.4) is 0 Å². The molecule has 0 aliphatic heterocycles. The first-order valence-electron chi connectivity index (χ1n) is 38.2. The van der Waals surface area contributed by atoms with Crippen LogP contribution in [0.15, 0.2) is 340 Å². The molecular weight excluding hydrogens is 1390 g/mol. The van der Waals surface area contributed by atoms with Crippen molar-refractivity contribution in [1.29, 1.82) is 21.0 Å². The molecule has 24 aromatic rings. The van der Waals surface area contributed by atoms with E-state index in [0.717, 1.165) is 186 Å². The van der Waals surface area contributed by atoms with Crippen molar-refractivity contribution in [1.82, 2.24) is 27.4 Å². The summed E-state index contributed by atoms with van der Waals surface area (Å²) in [5, 5.41) is 67.0. The van der Waals surface area contributed by atoms with E-state index in [2.05, 4.69) is 373 Å². The minimum absolute atomic E-state index is 0.371. The second-order valence-corrected chi connectivity index (χ2v) is 29.8. The van der Waals surface area contributed by atoms with Crippen LogP contribution in [0.25, 0.3) is 219 Å². The summed E-state index contributed by atoms with van der Waals surface area (Å²) in [5.74, 6) is 0. The summed E-state index contributed by atoms with van der Waals surface area (Å²) >= 11 is 0. The zero-order valence-electron chi connectivity index (χ0n) is 60.8. The van der Waals surface area contributed by atoms with Crippen molar-refractivity contribution in [3.63, 3.8) is 0 Å². The monoisotopic (exact) mass is 1440 g/mol. The molecule has 0 unspecified atom stereocenters. The molecule has 10 heteroatoms. The van der Waals surface area contributed by atoms with E-state index in [0.29, 0.717) is 45.0 Å². The smallest absolute Gasteiger partial charge is 0.101 e. The summed E-state index contributed by atoms with van der Waals surface area (Å²) in [5.41, 5.74) is 20.2. The van der Waals surface area contributed by atoms with Crippen molar-refractivity contribution in [2.75, 3.05) is 0 Å². The summed E-state index contributed by atoms with van der Waals surface area (Å²) in [6, 6.07) is 130. The Labute approximate surface area is 649 Å². The van der Waals surface area contributed by atoms with Crippen LogP contribution in [-0.4, -0.2) is 27.4 Å². The third-order valence-electron chi connectivity index (χ3n) is 24.3. The van der Waals surface area contributed by atoms with Crippen molar-refractivity contribution in [2.45, 2.75) is 0 Å². The number of hydrogen-bond donors (Lipinski definition) is 0. The van der Waals surface area contributed by atoms with Crippen LogP contribution in [0, 0.1) is 45.3 Å². The molecule has 0 atom stereocenters. The SMILES string of the molecule is N#Cc1cc(C#N)c(-n2c3ccc(-n4c5ccccc5c5c(-c6cc7c8ccccc8n(-c8cc(-n9c%10ccccc%10c%10ccc%11ccccc%11c%109)c(C#N)cc8C#N)c7c7ccccc67)cccc54)cc3c3c4ccccc4ccc32)cc1-n1c2ccc(-n3c4ccccc4c4ccccc43)cc2c2c3ccccc3ccc21. The van der Waals surface area contributed by atoms with Crippen LogP contribution in [0.5, 0.6) is 0 Å². The van der Waals surface area contributed by atoms with E-state index in [1.165, 1.54) is 10.8 Å². The van der Waals surface area contributed by atoms with Gasteiger partial charge in [-0.25, -0.2) is 0 Å². The van der Waals surface area contributed by atoms with Gasteiger partial charge in [0.2, 0.25) is 0 Å². The van der Waals surface area contributed by atoms with Gasteiger partial charge < -0.3 is 27.4 Å². The van der Waals surface area contributed by atoms with Crippen LogP contribution in [0.1, 0.15) is 22.3 Å². The molecule has 0 aliphatic carbocycles. The summed E-state index contributed by atoms with van der Waals surface area (Å²) in [7, 11) is 0. The summed E-state index contributed by atoms with van der Waals surface area (Å²) in [4.78, 5) is 0. The van der Waals surface area contributed by atoms with Crippen LogP contribution in [0.2, 0.25) is 0 Å². The lowest BCUT2D eigenvalue weighted by atomic mass is 9.92. The Balaban J connectivity index is 0.707. The minimum atomic E-state index is 0.371. The van der Waals surface area contributed by atoms with Gasteiger partial charge in [0.15, 0.2) is 0 Å². The van der Waals surface area contributed by atoms with Gasteiger partial charge in [-0.1, -0.05) is 224 Å². The highest BCUT2D eigenvalue weighted by Gasteiger charge is 2.29. The third kappa shape index (κ3) is 8.52. The average Bonchev–Trinajstić information content (AvgIpc) is 1.55. The predicted molar refractivity (Wildman–Crippen MR) is 467 cm³/mol. The quantitative estimate of drug-likeness (QED) is 0.158. The molecule has 0 aliphatic rings. The lowest BCUT2D eigenvalue weighted by Crippen LogP contribution is -2.05. The fraction of sp³-hybridized carbons (Fsp3) is 0. The van der Waals surface area contributed by atoms with Gasteiger partial charge in [-0.15, -0.1) is 0 Å². The first kappa shape index (κ1) is 62.8. The van der Waals surface area contributed by atoms with Crippen molar-refractivity contribution in [3.8, 4) is 69.5 Å². The molecule has 6 heterocycles. The molecule has 522 valence electrons. The molecule has 0 saturated heterocycles. The topological polar surface area (TPSA) is 125 Å². The van der Waals surface area contributed by atoms with E-state index in [9.17, 15) is 21.0 Å². The predicted octanol–water partition coefficient (Wildman–Crippen LogP) is 26.0. The van der Waals surface area contributed by atoms with E-state index >= 15 is 0 Å². The number of para-hydroxylation sites is 5. The number of aromatic nitrogens is 6. The lowest BCUT2D eigenvalue weighted by Gasteiger charge is -2.18. The number of nitriles is 4. The van der Waals surface area contributed by atoms with Crippen LogP contribution >= 0.6 is 0 Å². The van der Waals surface area contributed by atoms with E-state index in [1.807, 2.05) is 6.07 Å². The Morgan fingerprint density at radius 1 is 0.175 bits per heavy atom. The molecule has 0 amide bonds. The largest absolute Gasteiger partial charge is 0.309 e. The third-order valence-corrected chi connectivity index (χ3v) is 24.3. The van der Waals surface area contributed by atoms with E-state index in [-0.39, 0.29) is 0 Å². The first-order valence-corrected chi connectivity index (χ1v) is 38.2. The molecule has 114 heavy (non-hydrogen) atoms. The van der Waals surface area contributed by atoms with Crippen molar-refractivity contribution >= 4 is 174 Å². The highest BCUT2D eigenvalue weighted by atomic mass is 15.0. The number of nitrogens with zero attached hydrogens (tertiary/aromatic N) is 10. The minimum Gasteiger partial charge on any atom is -0.309 e. The van der Waals surface area contributed by atoms with Gasteiger partial charge in [-0.05, 0) is 159 Å². The second-order valence-electron chi connectivity index (χ2n) is 29.8. The molecule has 0 fully saturated rings. The van der Waals surface area contributed by atoms with Gasteiger partial charge in [-0.3, -0.25) is 0 Å². The molecule has 0 spiro atoms. The highest BCUT2D eigenvalue weighted by Crippen LogP contribution is 2.50. The zero-order chi connectivity index (χ0) is 75.3. The average molecular weight is 1450 g/mol. The zero-order valence-corrected chi connectivity index (χ0v) is 60.8. The van der Waals surface area contributed by atoms with Crippen LogP contribution in [0.4, 0.5) is 0 Å². The van der Waals surface area contributed by atoms with Gasteiger partial charge in [0.25, 0.3) is 0 Å². The van der Waals surface area contributed by atoms with Gasteiger partial charge in [0, 0.05) is 86.8 Å². The van der Waals surface area contributed by atoms with Crippen LogP contribution in [-0.2, 0) is 0 Å². The number of rotatable bonds is 7. The molecule has 0 saturated carbocycles. The van der Waals surface area contributed by atoms with Crippen molar-refractivity contribution in [2.24, 2.45) is 0 Å². The summed E-state index contributed by atoms with van der Waals surface area (Å²) < 4.78 is 13.7. The molecule has 6 aromatic heterocycles. The highest BCUT2D eigenvalue weighted by molar-refractivity contribution is 6.28. The second kappa shape index (κ2) is 23.6. The number of hydrogen-bond acceptors (Lipinski definition) is 4. The fourth-order valence-corrected chi connectivity index (χ4v) is 19.6. The van der Waals surface area contributed by atoms with E-state index in [4.69, 9.17) is 0 Å². The van der Waals surface area contributed by atoms with Gasteiger partial charge in [-0.2, -0.15) is 21.0 Å². The van der Waals surface area contributed by atoms with Gasteiger partial charge >= 0.3 is 0 Å². The molecule has 24 rings (SSSR count). The Bertz CT molecular complexity index is 8640. The Morgan fingerprint density at radius 3 is 1.00 bits per heavy atom. The maximum atomic E-state index is 11.5. The molecule has 0 bridgehead atoms. The maximum Gasteiger partial charge on any atom is 0.101 e. The summed E-state index contributed by atoms with van der Waals surface area (Å²) in [6.07, 6.45) is 0. The lowest BCUT2D eigenvalue weighted by molar-refractivity contribution is 1.11. The van der Waals surface area contributed by atoms with Crippen molar-refractivity contribution < 1.29 is 0 Å². The Kier molecular flexibility index (Phi) is 13.0. The van der Waals surface area contributed by atoms with Crippen LogP contribution < -0.4 is 0 Å². The normalized spacial score (nSPS) is 12.0. The van der Waals surface area contributed by atoms with Gasteiger partial charge in [0.05, 0.1) is 111 Å². The molecule has 0 radical (unpaired) electrons. The Morgan fingerprint density at radius 2 is 0.500 bits per heavy atom. The summed E-state index contributed by atoms with van der Waals surface area (Å²) in [6.45, 7) is 0.